The molecule has 0 aliphatic carbocycles. The summed E-state index contributed by atoms with van der Waals surface area (Å²) >= 11 is 1.47. The molecule has 4 nitrogen and oxygen atoms in total. The molecule has 0 saturated carbocycles. The van der Waals surface area contributed by atoms with Crippen molar-refractivity contribution in [3.63, 3.8) is 0 Å². The zero-order valence-corrected chi connectivity index (χ0v) is 11.8. The molecule has 1 atom stereocenters. The Kier molecular flexibility index (Phi) is 3.06. The van der Waals surface area contributed by atoms with Crippen LogP contribution < -0.4 is 5.32 Å². The quantitative estimate of drug-likeness (QED) is 0.882. The summed E-state index contributed by atoms with van der Waals surface area (Å²) in [5, 5.41) is 4.70. The van der Waals surface area contributed by atoms with E-state index in [1.54, 1.807) is 6.92 Å². The van der Waals surface area contributed by atoms with Gasteiger partial charge in [0, 0.05) is 4.88 Å². The standard InChI is InChI=1S/C15H14N2O2S/c1-15(12-8-5-9-20-12)13(18)17(14(19)16-15)10-11-6-3-2-4-7-11/h2-9H,10H2,1H3,(H,16,19)/t15-/m0/s1. The molecular weight excluding hydrogens is 272 g/mol. The number of rotatable bonds is 3. The Hall–Kier alpha value is -2.14. The summed E-state index contributed by atoms with van der Waals surface area (Å²) in [5.41, 5.74) is -0.00791. The fraction of sp³-hybridized carbons (Fsp3) is 0.200. The molecule has 102 valence electrons. The number of hydrogen-bond acceptors (Lipinski definition) is 3. The predicted octanol–water partition coefficient (Wildman–Crippen LogP) is 2.72. The van der Waals surface area contributed by atoms with Crippen LogP contribution in [0.4, 0.5) is 4.79 Å². The van der Waals surface area contributed by atoms with Crippen molar-refractivity contribution >= 4 is 23.3 Å². The third-order valence-electron chi connectivity index (χ3n) is 3.47. The van der Waals surface area contributed by atoms with E-state index < -0.39 is 5.54 Å². The molecule has 1 aromatic heterocycles. The normalized spacial score (nSPS) is 22.1. The number of imide groups is 1. The molecule has 5 heteroatoms. The van der Waals surface area contributed by atoms with Crippen molar-refractivity contribution in [2.75, 3.05) is 0 Å². The van der Waals surface area contributed by atoms with Crippen LogP contribution in [0.5, 0.6) is 0 Å². The predicted molar refractivity (Wildman–Crippen MR) is 77.2 cm³/mol. The van der Waals surface area contributed by atoms with Crippen LogP contribution >= 0.6 is 11.3 Å². The lowest BCUT2D eigenvalue weighted by Crippen LogP contribution is -2.40. The Morgan fingerprint density at radius 1 is 1.15 bits per heavy atom. The number of benzene rings is 1. The first-order valence-corrected chi connectivity index (χ1v) is 7.21. The maximum Gasteiger partial charge on any atom is 0.325 e. The van der Waals surface area contributed by atoms with E-state index in [2.05, 4.69) is 5.32 Å². The average Bonchev–Trinajstić information content (AvgIpc) is 3.05. The van der Waals surface area contributed by atoms with Gasteiger partial charge in [-0.1, -0.05) is 36.4 Å². The molecule has 1 aliphatic rings. The van der Waals surface area contributed by atoms with Gasteiger partial charge in [0.2, 0.25) is 0 Å². The van der Waals surface area contributed by atoms with Crippen LogP contribution in [-0.4, -0.2) is 16.8 Å². The number of urea groups is 1. The zero-order chi connectivity index (χ0) is 14.2. The topological polar surface area (TPSA) is 49.4 Å². The number of amides is 3. The van der Waals surface area contributed by atoms with Crippen molar-refractivity contribution in [1.82, 2.24) is 10.2 Å². The third kappa shape index (κ3) is 2.00. The van der Waals surface area contributed by atoms with Crippen molar-refractivity contribution in [3.05, 3.63) is 58.3 Å². The highest BCUT2D eigenvalue weighted by molar-refractivity contribution is 7.10. The Labute approximate surface area is 121 Å². The molecule has 1 aliphatic heterocycles. The fourth-order valence-corrected chi connectivity index (χ4v) is 3.17. The van der Waals surface area contributed by atoms with Gasteiger partial charge in [-0.25, -0.2) is 4.79 Å². The lowest BCUT2D eigenvalue weighted by molar-refractivity contribution is -0.131. The summed E-state index contributed by atoms with van der Waals surface area (Å²) in [6.07, 6.45) is 0. The smallest absolute Gasteiger partial charge is 0.319 e. The van der Waals surface area contributed by atoms with Crippen LogP contribution in [-0.2, 0) is 16.9 Å². The van der Waals surface area contributed by atoms with Gasteiger partial charge in [-0.2, -0.15) is 0 Å². The molecule has 0 radical (unpaired) electrons. The second-order valence-corrected chi connectivity index (χ2v) is 5.86. The summed E-state index contributed by atoms with van der Waals surface area (Å²) in [6.45, 7) is 2.05. The first kappa shape index (κ1) is 12.9. The van der Waals surface area contributed by atoms with Gasteiger partial charge in [-0.15, -0.1) is 11.3 Å². The molecule has 2 heterocycles. The van der Waals surface area contributed by atoms with Crippen molar-refractivity contribution in [1.29, 1.82) is 0 Å². The van der Waals surface area contributed by atoms with E-state index in [-0.39, 0.29) is 11.9 Å². The molecule has 3 amide bonds. The highest BCUT2D eigenvalue weighted by Crippen LogP contribution is 2.32. The van der Waals surface area contributed by atoms with E-state index in [0.717, 1.165) is 10.4 Å². The SMILES string of the molecule is C[C@@]1(c2cccs2)NC(=O)N(Cc2ccccc2)C1=O. The van der Waals surface area contributed by atoms with Crippen LogP contribution in [0, 0.1) is 0 Å². The van der Waals surface area contributed by atoms with Gasteiger partial charge in [-0.05, 0) is 23.9 Å². The minimum atomic E-state index is -0.944. The summed E-state index contributed by atoms with van der Waals surface area (Å²) in [5.74, 6) is -0.200. The van der Waals surface area contributed by atoms with Crippen LogP contribution in [0.15, 0.2) is 47.8 Å². The van der Waals surface area contributed by atoms with Gasteiger partial charge in [0.25, 0.3) is 5.91 Å². The van der Waals surface area contributed by atoms with Gasteiger partial charge in [-0.3, -0.25) is 9.69 Å². The summed E-state index contributed by atoms with van der Waals surface area (Å²) < 4.78 is 0. The molecule has 0 spiro atoms. The van der Waals surface area contributed by atoms with Crippen molar-refractivity contribution in [3.8, 4) is 0 Å². The van der Waals surface area contributed by atoms with Gasteiger partial charge in [0.05, 0.1) is 6.54 Å². The fourth-order valence-electron chi connectivity index (χ4n) is 2.34. The molecule has 1 aromatic carbocycles. The maximum atomic E-state index is 12.6. The molecule has 3 rings (SSSR count). The molecule has 2 aromatic rings. The maximum absolute atomic E-state index is 12.6. The summed E-state index contributed by atoms with van der Waals surface area (Å²) in [4.78, 5) is 26.8. The van der Waals surface area contributed by atoms with E-state index in [1.165, 1.54) is 16.2 Å². The number of carbonyl (C=O) groups is 2. The second kappa shape index (κ2) is 4.76. The van der Waals surface area contributed by atoms with E-state index in [0.29, 0.717) is 6.54 Å². The average molecular weight is 286 g/mol. The number of nitrogens with one attached hydrogen (secondary N) is 1. The molecule has 1 N–H and O–H groups in total. The molecule has 0 bridgehead atoms. The lowest BCUT2D eigenvalue weighted by atomic mass is 10.0. The Bertz CT molecular complexity index is 639. The van der Waals surface area contributed by atoms with Crippen LogP contribution in [0.1, 0.15) is 17.4 Å². The van der Waals surface area contributed by atoms with Crippen molar-refractivity contribution < 1.29 is 9.59 Å². The number of hydrogen-bond donors (Lipinski definition) is 1. The van der Waals surface area contributed by atoms with E-state index >= 15 is 0 Å². The monoisotopic (exact) mass is 286 g/mol. The van der Waals surface area contributed by atoms with E-state index in [1.807, 2.05) is 47.8 Å². The molecule has 1 fully saturated rings. The van der Waals surface area contributed by atoms with Crippen LogP contribution in [0.25, 0.3) is 0 Å². The second-order valence-electron chi connectivity index (χ2n) is 4.91. The van der Waals surface area contributed by atoms with Crippen LogP contribution in [0.3, 0.4) is 0 Å². The first-order valence-electron chi connectivity index (χ1n) is 6.33. The third-order valence-corrected chi connectivity index (χ3v) is 4.56. The molecule has 1 saturated heterocycles. The summed E-state index contributed by atoms with van der Waals surface area (Å²) in [6, 6.07) is 12.9. The highest BCUT2D eigenvalue weighted by Gasteiger charge is 2.49. The number of carbonyl (C=O) groups excluding carboxylic acids is 2. The van der Waals surface area contributed by atoms with E-state index in [4.69, 9.17) is 0 Å². The van der Waals surface area contributed by atoms with Gasteiger partial charge < -0.3 is 5.32 Å². The largest absolute Gasteiger partial charge is 0.325 e. The lowest BCUT2D eigenvalue weighted by Gasteiger charge is -2.20. The van der Waals surface area contributed by atoms with Gasteiger partial charge >= 0.3 is 6.03 Å². The number of nitrogens with zero attached hydrogens (tertiary/aromatic N) is 1. The van der Waals surface area contributed by atoms with Gasteiger partial charge in [0.1, 0.15) is 0 Å². The summed E-state index contributed by atoms with van der Waals surface area (Å²) in [7, 11) is 0. The first-order chi connectivity index (χ1) is 9.61. The van der Waals surface area contributed by atoms with Gasteiger partial charge in [0.15, 0.2) is 5.54 Å². The van der Waals surface area contributed by atoms with Crippen LogP contribution in [0.2, 0.25) is 0 Å². The van der Waals surface area contributed by atoms with E-state index in [9.17, 15) is 9.59 Å². The Balaban J connectivity index is 1.88. The Morgan fingerprint density at radius 2 is 1.90 bits per heavy atom. The van der Waals surface area contributed by atoms with Crippen molar-refractivity contribution in [2.45, 2.75) is 19.0 Å². The molecule has 0 unspecified atom stereocenters. The zero-order valence-electron chi connectivity index (χ0n) is 11.0. The Morgan fingerprint density at radius 3 is 2.55 bits per heavy atom. The molecule has 20 heavy (non-hydrogen) atoms. The minimum absolute atomic E-state index is 0.200. The number of thiophene rings is 1. The minimum Gasteiger partial charge on any atom is -0.319 e. The van der Waals surface area contributed by atoms with Crippen molar-refractivity contribution in [2.24, 2.45) is 0 Å². The highest BCUT2D eigenvalue weighted by atomic mass is 32.1. The molecular formula is C15H14N2O2S.